The fourth-order valence-corrected chi connectivity index (χ4v) is 2.91. The molecule has 0 aliphatic carbocycles. The molecular formula is C22H14N2. The third-order valence-corrected chi connectivity index (χ3v) is 4.09. The van der Waals surface area contributed by atoms with E-state index in [0.29, 0.717) is 5.56 Å². The van der Waals surface area contributed by atoms with Crippen LogP contribution in [0, 0.1) is 11.3 Å². The van der Waals surface area contributed by atoms with Gasteiger partial charge in [-0.05, 0) is 35.4 Å². The van der Waals surface area contributed by atoms with Crippen LogP contribution in [0.1, 0.15) is 5.56 Å². The molecule has 0 radical (unpaired) electrons. The van der Waals surface area contributed by atoms with E-state index in [1.807, 2.05) is 54.6 Å². The molecule has 0 aliphatic heterocycles. The summed E-state index contributed by atoms with van der Waals surface area (Å²) in [7, 11) is 0. The van der Waals surface area contributed by atoms with E-state index in [9.17, 15) is 5.26 Å². The van der Waals surface area contributed by atoms with Crippen LogP contribution < -0.4 is 0 Å². The molecule has 0 N–H and O–H groups in total. The Balaban J connectivity index is 2.04. The van der Waals surface area contributed by atoms with Gasteiger partial charge < -0.3 is 0 Å². The summed E-state index contributed by atoms with van der Waals surface area (Å²) in [4.78, 5) is 4.80. The summed E-state index contributed by atoms with van der Waals surface area (Å²) in [6.45, 7) is 0. The Morgan fingerprint density at radius 2 is 1.38 bits per heavy atom. The molecule has 1 heterocycles. The van der Waals surface area contributed by atoms with Crippen LogP contribution >= 0.6 is 0 Å². The van der Waals surface area contributed by atoms with Gasteiger partial charge >= 0.3 is 0 Å². The van der Waals surface area contributed by atoms with Crippen LogP contribution in [0.15, 0.2) is 84.9 Å². The molecule has 0 atom stereocenters. The van der Waals surface area contributed by atoms with Crippen LogP contribution in [0.25, 0.3) is 33.3 Å². The lowest BCUT2D eigenvalue weighted by molar-refractivity contribution is 1.39. The number of nitriles is 1. The van der Waals surface area contributed by atoms with Crippen molar-refractivity contribution in [3.05, 3.63) is 90.5 Å². The molecule has 0 saturated heterocycles. The Morgan fingerprint density at radius 1 is 0.708 bits per heavy atom. The van der Waals surface area contributed by atoms with E-state index in [0.717, 1.165) is 33.3 Å². The summed E-state index contributed by atoms with van der Waals surface area (Å²) < 4.78 is 0. The van der Waals surface area contributed by atoms with Crippen molar-refractivity contribution in [1.82, 2.24) is 4.98 Å². The maximum absolute atomic E-state index is 9.22. The topological polar surface area (TPSA) is 36.7 Å². The Kier molecular flexibility index (Phi) is 3.53. The summed E-state index contributed by atoms with van der Waals surface area (Å²) in [5.41, 5.74) is 5.78. The van der Waals surface area contributed by atoms with Crippen LogP contribution in [0.3, 0.4) is 0 Å². The second-order valence-electron chi connectivity index (χ2n) is 5.63. The lowest BCUT2D eigenvalue weighted by Gasteiger charge is -2.10. The second kappa shape index (κ2) is 5.98. The number of hydrogen-bond acceptors (Lipinski definition) is 2. The average Bonchev–Trinajstić information content (AvgIpc) is 2.68. The number of hydrogen-bond donors (Lipinski definition) is 0. The molecule has 0 bridgehead atoms. The lowest BCUT2D eigenvalue weighted by atomic mass is 9.97. The van der Waals surface area contributed by atoms with Gasteiger partial charge in [0.25, 0.3) is 0 Å². The van der Waals surface area contributed by atoms with Crippen LogP contribution in [-0.4, -0.2) is 4.98 Å². The zero-order valence-corrected chi connectivity index (χ0v) is 13.0. The minimum absolute atomic E-state index is 0.647. The van der Waals surface area contributed by atoms with Crippen molar-refractivity contribution >= 4 is 10.9 Å². The highest BCUT2D eigenvalue weighted by molar-refractivity contribution is 5.97. The Bertz CT molecular complexity index is 1050. The number of pyridine rings is 1. The monoisotopic (exact) mass is 306 g/mol. The first-order chi connectivity index (χ1) is 11.8. The SMILES string of the molecule is N#Cc1ccc2nc(-c3ccccc3)cc(-c3ccccc3)c2c1. The van der Waals surface area contributed by atoms with Gasteiger partial charge in [-0.2, -0.15) is 5.26 Å². The maximum Gasteiger partial charge on any atom is 0.0991 e. The first-order valence-corrected chi connectivity index (χ1v) is 7.81. The maximum atomic E-state index is 9.22. The van der Waals surface area contributed by atoms with E-state index in [1.165, 1.54) is 0 Å². The van der Waals surface area contributed by atoms with E-state index < -0.39 is 0 Å². The van der Waals surface area contributed by atoms with Gasteiger partial charge in [0, 0.05) is 10.9 Å². The molecule has 0 amide bonds. The third kappa shape index (κ3) is 2.53. The largest absolute Gasteiger partial charge is 0.248 e. The van der Waals surface area contributed by atoms with E-state index >= 15 is 0 Å². The minimum atomic E-state index is 0.647. The molecule has 112 valence electrons. The number of nitrogens with zero attached hydrogens (tertiary/aromatic N) is 2. The van der Waals surface area contributed by atoms with Gasteiger partial charge in [0.2, 0.25) is 0 Å². The zero-order chi connectivity index (χ0) is 16.4. The summed E-state index contributed by atoms with van der Waals surface area (Å²) in [5, 5.41) is 10.2. The highest BCUT2D eigenvalue weighted by Crippen LogP contribution is 2.32. The molecule has 2 heteroatoms. The van der Waals surface area contributed by atoms with Crippen LogP contribution in [-0.2, 0) is 0 Å². The highest BCUT2D eigenvalue weighted by atomic mass is 14.7. The normalized spacial score (nSPS) is 10.5. The fraction of sp³-hybridized carbons (Fsp3) is 0. The molecular weight excluding hydrogens is 292 g/mol. The number of rotatable bonds is 2. The molecule has 24 heavy (non-hydrogen) atoms. The third-order valence-electron chi connectivity index (χ3n) is 4.09. The Labute approximate surface area is 140 Å². The quantitative estimate of drug-likeness (QED) is 0.494. The van der Waals surface area contributed by atoms with Gasteiger partial charge in [-0.3, -0.25) is 0 Å². The van der Waals surface area contributed by atoms with Crippen molar-refractivity contribution in [2.45, 2.75) is 0 Å². The van der Waals surface area contributed by atoms with Gasteiger partial charge in [0.05, 0.1) is 22.8 Å². The van der Waals surface area contributed by atoms with E-state index in [1.54, 1.807) is 0 Å². The average molecular weight is 306 g/mol. The molecule has 0 unspecified atom stereocenters. The first kappa shape index (κ1) is 14.2. The Morgan fingerprint density at radius 3 is 2.04 bits per heavy atom. The van der Waals surface area contributed by atoms with Gasteiger partial charge in [-0.15, -0.1) is 0 Å². The highest BCUT2D eigenvalue weighted by Gasteiger charge is 2.10. The molecule has 0 saturated carbocycles. The summed E-state index contributed by atoms with van der Waals surface area (Å²) in [5.74, 6) is 0. The van der Waals surface area contributed by atoms with Crippen molar-refractivity contribution in [1.29, 1.82) is 5.26 Å². The second-order valence-corrected chi connectivity index (χ2v) is 5.63. The van der Waals surface area contributed by atoms with Crippen molar-refractivity contribution in [3.8, 4) is 28.5 Å². The molecule has 2 nitrogen and oxygen atoms in total. The molecule has 0 spiro atoms. The molecule has 4 rings (SSSR count). The van der Waals surface area contributed by atoms with Gasteiger partial charge in [-0.25, -0.2) is 4.98 Å². The summed E-state index contributed by atoms with van der Waals surface area (Å²) in [6, 6.07) is 30.4. The molecule has 3 aromatic carbocycles. The fourth-order valence-electron chi connectivity index (χ4n) is 2.91. The summed E-state index contributed by atoms with van der Waals surface area (Å²) >= 11 is 0. The van der Waals surface area contributed by atoms with Crippen LogP contribution in [0.4, 0.5) is 0 Å². The molecule has 0 fully saturated rings. The predicted molar refractivity (Wildman–Crippen MR) is 97.3 cm³/mol. The van der Waals surface area contributed by atoms with Gasteiger partial charge in [-0.1, -0.05) is 60.7 Å². The van der Waals surface area contributed by atoms with E-state index in [4.69, 9.17) is 4.98 Å². The van der Waals surface area contributed by atoms with Crippen molar-refractivity contribution in [2.75, 3.05) is 0 Å². The molecule has 0 aliphatic rings. The smallest absolute Gasteiger partial charge is 0.0991 e. The van der Waals surface area contributed by atoms with Crippen molar-refractivity contribution in [2.24, 2.45) is 0 Å². The number of benzene rings is 3. The molecule has 1 aromatic heterocycles. The number of fused-ring (bicyclic) bond motifs is 1. The minimum Gasteiger partial charge on any atom is -0.248 e. The summed E-state index contributed by atoms with van der Waals surface area (Å²) in [6.07, 6.45) is 0. The Hall–Kier alpha value is -3.44. The van der Waals surface area contributed by atoms with E-state index in [2.05, 4.69) is 36.4 Å². The molecule has 4 aromatic rings. The predicted octanol–water partition coefficient (Wildman–Crippen LogP) is 5.44. The number of aromatic nitrogens is 1. The van der Waals surface area contributed by atoms with Crippen LogP contribution in [0.2, 0.25) is 0 Å². The van der Waals surface area contributed by atoms with Gasteiger partial charge in [0.15, 0.2) is 0 Å². The van der Waals surface area contributed by atoms with Crippen LogP contribution in [0.5, 0.6) is 0 Å². The first-order valence-electron chi connectivity index (χ1n) is 7.81. The van der Waals surface area contributed by atoms with Gasteiger partial charge in [0.1, 0.15) is 0 Å². The van der Waals surface area contributed by atoms with Crippen molar-refractivity contribution in [3.63, 3.8) is 0 Å². The zero-order valence-electron chi connectivity index (χ0n) is 13.0. The van der Waals surface area contributed by atoms with E-state index in [-0.39, 0.29) is 0 Å². The lowest BCUT2D eigenvalue weighted by Crippen LogP contribution is -1.90. The standard InChI is InChI=1S/C22H14N2/c23-15-16-11-12-21-20(13-16)19(17-7-3-1-4-8-17)14-22(24-21)18-9-5-2-6-10-18/h1-14H. The van der Waals surface area contributed by atoms with Crippen molar-refractivity contribution < 1.29 is 0 Å².